The minimum absolute atomic E-state index is 0.380. The summed E-state index contributed by atoms with van der Waals surface area (Å²) in [5, 5.41) is 33.3. The Morgan fingerprint density at radius 1 is 0.369 bits per heavy atom. The molecule has 0 fully saturated rings. The molecule has 3 atom stereocenters. The van der Waals surface area contributed by atoms with Crippen LogP contribution in [-0.4, -0.2) is 46.1 Å². The van der Waals surface area contributed by atoms with Gasteiger partial charge in [0.2, 0.25) is 5.91 Å². The highest BCUT2D eigenvalue weighted by molar-refractivity contribution is 5.80. The van der Waals surface area contributed by atoms with Crippen molar-refractivity contribution in [1.29, 1.82) is 0 Å². The van der Waals surface area contributed by atoms with E-state index in [0.29, 0.717) is 6.42 Å². The van der Waals surface area contributed by atoms with E-state index in [9.17, 15) is 20.1 Å². The number of hydrogen-bond donors (Lipinski definition) is 4. The number of hydrogen-bond acceptors (Lipinski definition) is 4. The van der Waals surface area contributed by atoms with Crippen molar-refractivity contribution in [3.8, 4) is 0 Å². The van der Waals surface area contributed by atoms with Crippen LogP contribution in [0.1, 0.15) is 303 Å². The summed E-state index contributed by atoms with van der Waals surface area (Å²) >= 11 is 0. The first-order chi connectivity index (χ1) is 32.1. The first kappa shape index (κ1) is 63.3. The van der Waals surface area contributed by atoms with E-state index in [2.05, 4.69) is 55.6 Å². The zero-order valence-electron chi connectivity index (χ0n) is 43.6. The van der Waals surface area contributed by atoms with E-state index >= 15 is 0 Å². The smallest absolute Gasteiger partial charge is 0.249 e. The lowest BCUT2D eigenvalue weighted by atomic mass is 10.0. The SMILES string of the molecule is CCCCCCCCCCC/C=C/CC/C=C/CC/C=C/C(O)C(CO)NC(=O)C(O)CCCCCCCCCCCCCCCCCC/C=C\CCCCCCCCCCCCCC. The summed E-state index contributed by atoms with van der Waals surface area (Å²) in [4.78, 5) is 12.5. The fourth-order valence-corrected chi connectivity index (χ4v) is 8.86. The van der Waals surface area contributed by atoms with Crippen molar-refractivity contribution in [3.05, 3.63) is 48.6 Å². The van der Waals surface area contributed by atoms with Crippen molar-refractivity contribution in [3.63, 3.8) is 0 Å². The minimum atomic E-state index is -1.11. The van der Waals surface area contributed by atoms with Gasteiger partial charge < -0.3 is 20.6 Å². The summed E-state index contributed by atoms with van der Waals surface area (Å²) in [6.45, 7) is 4.19. The number of unbranched alkanes of at least 4 members (excludes halogenated alkanes) is 39. The Kier molecular flexibility index (Phi) is 53.5. The molecule has 0 aromatic carbocycles. The van der Waals surface area contributed by atoms with Crippen LogP contribution in [0, 0.1) is 0 Å². The molecular weight excluding hydrogens is 799 g/mol. The molecule has 382 valence electrons. The van der Waals surface area contributed by atoms with Crippen molar-refractivity contribution < 1.29 is 20.1 Å². The van der Waals surface area contributed by atoms with Gasteiger partial charge in [-0.2, -0.15) is 0 Å². The molecule has 5 nitrogen and oxygen atoms in total. The van der Waals surface area contributed by atoms with Gasteiger partial charge in [0.1, 0.15) is 6.10 Å². The number of nitrogens with one attached hydrogen (secondary N) is 1. The zero-order valence-corrected chi connectivity index (χ0v) is 43.6. The van der Waals surface area contributed by atoms with Crippen LogP contribution >= 0.6 is 0 Å². The summed E-state index contributed by atoms with van der Waals surface area (Å²) in [5.41, 5.74) is 0. The second kappa shape index (κ2) is 54.9. The van der Waals surface area contributed by atoms with Crippen LogP contribution in [-0.2, 0) is 4.79 Å². The van der Waals surface area contributed by atoms with Crippen LogP contribution < -0.4 is 5.32 Å². The number of carbonyl (C=O) groups excluding carboxylic acids is 1. The number of rotatable bonds is 53. The maximum Gasteiger partial charge on any atom is 0.249 e. The van der Waals surface area contributed by atoms with Crippen LogP contribution in [0.2, 0.25) is 0 Å². The molecule has 0 bridgehead atoms. The van der Waals surface area contributed by atoms with E-state index in [1.807, 2.05) is 6.08 Å². The number of allylic oxidation sites excluding steroid dienone is 7. The van der Waals surface area contributed by atoms with Gasteiger partial charge in [-0.25, -0.2) is 0 Å². The van der Waals surface area contributed by atoms with Crippen LogP contribution in [0.4, 0.5) is 0 Å². The van der Waals surface area contributed by atoms with E-state index in [1.54, 1.807) is 6.08 Å². The second-order valence-electron chi connectivity index (χ2n) is 19.8. The number of aliphatic hydroxyl groups excluding tert-OH is 3. The van der Waals surface area contributed by atoms with E-state index < -0.39 is 24.2 Å². The fraction of sp³-hybridized carbons (Fsp3) is 0.850. The summed E-state index contributed by atoms with van der Waals surface area (Å²) < 4.78 is 0. The van der Waals surface area contributed by atoms with Crippen molar-refractivity contribution in [1.82, 2.24) is 5.32 Å². The Bertz CT molecular complexity index is 1050. The van der Waals surface area contributed by atoms with Crippen LogP contribution in [0.3, 0.4) is 0 Å². The zero-order chi connectivity index (χ0) is 47.2. The Morgan fingerprint density at radius 2 is 0.631 bits per heavy atom. The number of aliphatic hydroxyl groups is 3. The molecule has 0 rings (SSSR count). The highest BCUT2D eigenvalue weighted by Gasteiger charge is 2.22. The molecule has 0 aliphatic rings. The van der Waals surface area contributed by atoms with E-state index in [0.717, 1.165) is 44.9 Å². The molecule has 0 aromatic rings. The molecule has 0 heterocycles. The predicted molar refractivity (Wildman–Crippen MR) is 287 cm³/mol. The lowest BCUT2D eigenvalue weighted by molar-refractivity contribution is -0.131. The van der Waals surface area contributed by atoms with Crippen molar-refractivity contribution in [2.45, 2.75) is 321 Å². The fourth-order valence-electron chi connectivity index (χ4n) is 8.86. The third-order valence-electron chi connectivity index (χ3n) is 13.4. The van der Waals surface area contributed by atoms with Gasteiger partial charge in [0, 0.05) is 0 Å². The van der Waals surface area contributed by atoms with Gasteiger partial charge in [-0.1, -0.05) is 281 Å². The highest BCUT2D eigenvalue weighted by atomic mass is 16.3. The Morgan fingerprint density at radius 3 is 0.938 bits per heavy atom. The van der Waals surface area contributed by atoms with Gasteiger partial charge >= 0.3 is 0 Å². The van der Waals surface area contributed by atoms with Crippen molar-refractivity contribution in [2.75, 3.05) is 6.61 Å². The molecule has 3 unspecified atom stereocenters. The molecule has 0 aromatic heterocycles. The largest absolute Gasteiger partial charge is 0.394 e. The standard InChI is InChI=1S/C60H113NO4/c1-3-5-7-9-11-13-15-17-19-21-23-24-25-26-27-28-29-30-31-32-33-34-35-37-39-41-43-45-47-49-51-53-55-59(64)60(65)61-57(56-62)58(63)54-52-50-48-46-44-42-40-38-36-22-20-18-16-14-12-10-8-6-4-2/h26-27,36,38,44,46,52,54,57-59,62-64H,3-25,28-35,37,39-43,45,47-51,53,55-56H2,1-2H3,(H,61,65)/b27-26-,38-36+,46-44+,54-52+. The molecule has 65 heavy (non-hydrogen) atoms. The van der Waals surface area contributed by atoms with Crippen molar-refractivity contribution in [2.24, 2.45) is 0 Å². The predicted octanol–water partition coefficient (Wildman–Crippen LogP) is 18.0. The van der Waals surface area contributed by atoms with Crippen LogP contribution in [0.5, 0.6) is 0 Å². The summed E-state index contributed by atoms with van der Waals surface area (Å²) in [6, 6.07) is -0.822. The van der Waals surface area contributed by atoms with Gasteiger partial charge in [0.05, 0.1) is 18.8 Å². The van der Waals surface area contributed by atoms with Gasteiger partial charge in [-0.05, 0) is 70.6 Å². The molecule has 0 saturated heterocycles. The lowest BCUT2D eigenvalue weighted by Gasteiger charge is -2.21. The molecule has 1 amide bonds. The Balaban J connectivity index is 3.57. The van der Waals surface area contributed by atoms with Gasteiger partial charge in [-0.3, -0.25) is 4.79 Å². The van der Waals surface area contributed by atoms with Gasteiger partial charge in [0.15, 0.2) is 0 Å². The summed E-state index contributed by atoms with van der Waals surface area (Å²) in [6.07, 6.45) is 73.4. The molecule has 0 aliphatic heterocycles. The number of amides is 1. The molecule has 0 aliphatic carbocycles. The number of carbonyl (C=O) groups is 1. The first-order valence-electron chi connectivity index (χ1n) is 29.0. The summed E-state index contributed by atoms with van der Waals surface area (Å²) in [7, 11) is 0. The molecule has 0 spiro atoms. The van der Waals surface area contributed by atoms with E-state index in [1.165, 1.54) is 238 Å². The molecule has 0 radical (unpaired) electrons. The lowest BCUT2D eigenvalue weighted by Crippen LogP contribution is -2.48. The topological polar surface area (TPSA) is 89.8 Å². The maximum atomic E-state index is 12.5. The highest BCUT2D eigenvalue weighted by Crippen LogP contribution is 2.17. The van der Waals surface area contributed by atoms with Gasteiger partial charge in [-0.15, -0.1) is 0 Å². The maximum absolute atomic E-state index is 12.5. The third kappa shape index (κ3) is 50.0. The average Bonchev–Trinajstić information content (AvgIpc) is 3.31. The third-order valence-corrected chi connectivity index (χ3v) is 13.4. The minimum Gasteiger partial charge on any atom is -0.394 e. The Labute approximate surface area is 406 Å². The molecule has 0 saturated carbocycles. The normalized spacial score (nSPS) is 13.6. The van der Waals surface area contributed by atoms with Crippen LogP contribution in [0.15, 0.2) is 48.6 Å². The molecule has 4 N–H and O–H groups in total. The van der Waals surface area contributed by atoms with E-state index in [-0.39, 0.29) is 6.61 Å². The van der Waals surface area contributed by atoms with E-state index in [4.69, 9.17) is 0 Å². The van der Waals surface area contributed by atoms with Crippen LogP contribution in [0.25, 0.3) is 0 Å². The molecule has 5 heteroatoms. The molecular formula is C60H113NO4. The van der Waals surface area contributed by atoms with Crippen molar-refractivity contribution >= 4 is 5.91 Å². The quantitative estimate of drug-likeness (QED) is 0.0361. The summed E-state index contributed by atoms with van der Waals surface area (Å²) in [5.74, 6) is -0.514. The average molecular weight is 913 g/mol. The monoisotopic (exact) mass is 912 g/mol. The first-order valence-corrected chi connectivity index (χ1v) is 29.0. The Hall–Kier alpha value is -1.69. The van der Waals surface area contributed by atoms with Gasteiger partial charge in [0.25, 0.3) is 0 Å². The second-order valence-corrected chi connectivity index (χ2v) is 19.8.